The van der Waals surface area contributed by atoms with Crippen molar-refractivity contribution in [2.24, 2.45) is 0 Å². The van der Waals surface area contributed by atoms with Crippen LogP contribution in [0.25, 0.3) is 10.9 Å². The van der Waals surface area contributed by atoms with Crippen LogP contribution in [0.3, 0.4) is 0 Å². The van der Waals surface area contributed by atoms with Gasteiger partial charge in [-0.25, -0.2) is 13.3 Å². The van der Waals surface area contributed by atoms with Gasteiger partial charge in [-0.1, -0.05) is 18.2 Å². The average molecular weight is 421 g/mol. The van der Waals surface area contributed by atoms with Crippen LogP contribution < -0.4 is 4.90 Å². The van der Waals surface area contributed by atoms with Crippen molar-refractivity contribution in [2.45, 2.75) is 24.7 Å². The molecule has 1 aromatic heterocycles. The predicted octanol–water partition coefficient (Wildman–Crippen LogP) is 3.13. The van der Waals surface area contributed by atoms with E-state index in [4.69, 9.17) is 0 Å². The molecule has 1 saturated heterocycles. The van der Waals surface area contributed by atoms with Gasteiger partial charge in [0.25, 0.3) is 11.8 Å². The molecule has 2 aliphatic rings. The first-order valence-electron chi connectivity index (χ1n) is 9.78. The van der Waals surface area contributed by atoms with Gasteiger partial charge in [-0.05, 0) is 50.1 Å². The number of hydrogen-bond acceptors (Lipinski definition) is 5. The third-order valence-electron chi connectivity index (χ3n) is 5.69. The zero-order valence-electron chi connectivity index (χ0n) is 16.3. The number of para-hydroxylation sites is 1. The number of aryl methyl sites for hydroxylation is 1. The molecule has 7 nitrogen and oxygen atoms in total. The molecule has 0 bridgehead atoms. The highest BCUT2D eigenvalue weighted by molar-refractivity contribution is 7.89. The summed E-state index contributed by atoms with van der Waals surface area (Å²) in [4.78, 5) is 32.1. The van der Waals surface area contributed by atoms with Crippen LogP contribution in [-0.2, 0) is 10.0 Å². The van der Waals surface area contributed by atoms with Crippen LogP contribution in [0.1, 0.15) is 39.3 Å². The average Bonchev–Trinajstić information content (AvgIpc) is 3.36. The largest absolute Gasteiger partial charge is 0.268 e. The summed E-state index contributed by atoms with van der Waals surface area (Å²) in [6.45, 7) is 2.67. The topological polar surface area (TPSA) is 87.7 Å². The molecule has 2 aromatic carbocycles. The van der Waals surface area contributed by atoms with Crippen LogP contribution in [0.4, 0.5) is 5.69 Å². The number of sulfonamides is 1. The number of anilines is 1. The summed E-state index contributed by atoms with van der Waals surface area (Å²) in [5.74, 6) is -0.909. The lowest BCUT2D eigenvalue weighted by atomic mass is 10.0. The van der Waals surface area contributed by atoms with Gasteiger partial charge in [0.05, 0.1) is 32.9 Å². The summed E-state index contributed by atoms with van der Waals surface area (Å²) in [6, 6.07) is 13.3. The Kier molecular flexibility index (Phi) is 4.23. The van der Waals surface area contributed by atoms with Crippen molar-refractivity contribution < 1.29 is 18.0 Å². The minimum Gasteiger partial charge on any atom is -0.268 e. The Bertz CT molecular complexity index is 1310. The summed E-state index contributed by atoms with van der Waals surface area (Å²) in [5, 5.41) is 0.382. The van der Waals surface area contributed by atoms with E-state index in [-0.39, 0.29) is 16.0 Å². The fourth-order valence-corrected chi connectivity index (χ4v) is 5.76. The van der Waals surface area contributed by atoms with Gasteiger partial charge in [-0.2, -0.15) is 4.31 Å². The van der Waals surface area contributed by atoms with Crippen LogP contribution >= 0.6 is 0 Å². The fraction of sp³-hybridized carbons (Fsp3) is 0.227. The quantitative estimate of drug-likeness (QED) is 0.607. The second-order valence-electron chi connectivity index (χ2n) is 7.52. The van der Waals surface area contributed by atoms with Crippen LogP contribution in [-0.4, -0.2) is 42.6 Å². The second-order valence-corrected chi connectivity index (χ2v) is 9.46. The van der Waals surface area contributed by atoms with Crippen molar-refractivity contribution in [3.63, 3.8) is 0 Å². The lowest BCUT2D eigenvalue weighted by Crippen LogP contribution is -2.29. The standard InChI is InChI=1S/C22H19N3O4S/c1-14-19-20(22(27)25(21(19)26)15-7-3-2-4-8-15)17-13-16(9-10-18(17)23-14)30(28,29)24-11-5-6-12-24/h2-4,7-10,13H,5-6,11-12H2,1H3. The zero-order valence-corrected chi connectivity index (χ0v) is 17.1. The Hall–Kier alpha value is -3.10. The van der Waals surface area contributed by atoms with E-state index < -0.39 is 21.8 Å². The highest BCUT2D eigenvalue weighted by atomic mass is 32.2. The van der Waals surface area contributed by atoms with Gasteiger partial charge >= 0.3 is 0 Å². The maximum absolute atomic E-state index is 13.3. The smallest absolute Gasteiger partial charge is 0.268 e. The first-order valence-corrected chi connectivity index (χ1v) is 11.2. The Balaban J connectivity index is 1.71. The number of carbonyl (C=O) groups is 2. The first kappa shape index (κ1) is 18.9. The maximum Gasteiger partial charge on any atom is 0.268 e. The zero-order chi connectivity index (χ0) is 21.0. The normalized spacial score (nSPS) is 17.2. The molecule has 0 N–H and O–H groups in total. The van der Waals surface area contributed by atoms with Crippen molar-refractivity contribution >= 4 is 38.4 Å². The molecule has 0 atom stereocenters. The van der Waals surface area contributed by atoms with Crippen molar-refractivity contribution in [3.8, 4) is 0 Å². The van der Waals surface area contributed by atoms with Crippen LogP contribution in [0.15, 0.2) is 53.4 Å². The highest BCUT2D eigenvalue weighted by Gasteiger charge is 2.40. The number of aromatic nitrogens is 1. The van der Waals surface area contributed by atoms with Crippen LogP contribution in [0.5, 0.6) is 0 Å². The molecule has 0 spiro atoms. The first-order chi connectivity index (χ1) is 14.4. The number of amides is 2. The molecular weight excluding hydrogens is 402 g/mol. The SMILES string of the molecule is Cc1nc2ccc(S(=O)(=O)N3CCCC3)cc2c2c1C(=O)N(c1ccccc1)C2=O. The minimum absolute atomic E-state index is 0.114. The van der Waals surface area contributed by atoms with Gasteiger partial charge in [0.1, 0.15) is 0 Å². The molecule has 5 rings (SSSR count). The number of pyridine rings is 1. The highest BCUT2D eigenvalue weighted by Crippen LogP contribution is 2.35. The molecule has 8 heteroatoms. The lowest BCUT2D eigenvalue weighted by Gasteiger charge is -2.16. The Morgan fingerprint density at radius 1 is 0.900 bits per heavy atom. The summed E-state index contributed by atoms with van der Waals surface area (Å²) in [7, 11) is -3.66. The van der Waals surface area contributed by atoms with E-state index in [0.717, 1.165) is 17.7 Å². The molecule has 0 aliphatic carbocycles. The van der Waals surface area contributed by atoms with E-state index in [9.17, 15) is 18.0 Å². The Morgan fingerprint density at radius 2 is 1.57 bits per heavy atom. The van der Waals surface area contributed by atoms with Gasteiger partial charge in [-0.3, -0.25) is 14.6 Å². The van der Waals surface area contributed by atoms with E-state index in [0.29, 0.717) is 35.4 Å². The van der Waals surface area contributed by atoms with Crippen LogP contribution in [0, 0.1) is 6.92 Å². The van der Waals surface area contributed by atoms with Gasteiger partial charge in [0.2, 0.25) is 10.0 Å². The van der Waals surface area contributed by atoms with Gasteiger partial charge in [0.15, 0.2) is 0 Å². The summed E-state index contributed by atoms with van der Waals surface area (Å²) >= 11 is 0. The van der Waals surface area contributed by atoms with Crippen molar-refractivity contribution in [1.29, 1.82) is 0 Å². The molecule has 152 valence electrons. The lowest BCUT2D eigenvalue weighted by molar-refractivity contribution is 0.0926. The van der Waals surface area contributed by atoms with E-state index in [1.54, 1.807) is 43.3 Å². The number of carbonyl (C=O) groups excluding carboxylic acids is 2. The molecule has 30 heavy (non-hydrogen) atoms. The third-order valence-corrected chi connectivity index (χ3v) is 7.58. The molecule has 0 saturated carbocycles. The van der Waals surface area contributed by atoms with Crippen molar-refractivity contribution in [1.82, 2.24) is 9.29 Å². The molecule has 2 amide bonds. The number of hydrogen-bond donors (Lipinski definition) is 0. The molecular formula is C22H19N3O4S. The van der Waals surface area contributed by atoms with Crippen LogP contribution in [0.2, 0.25) is 0 Å². The fourth-order valence-electron chi connectivity index (χ4n) is 4.21. The van der Waals surface area contributed by atoms with E-state index in [1.165, 1.54) is 16.4 Å². The van der Waals surface area contributed by atoms with E-state index >= 15 is 0 Å². The summed E-state index contributed by atoms with van der Waals surface area (Å²) < 4.78 is 27.5. The summed E-state index contributed by atoms with van der Waals surface area (Å²) in [5.41, 5.74) is 1.85. The molecule has 0 radical (unpaired) electrons. The number of benzene rings is 2. The monoisotopic (exact) mass is 421 g/mol. The predicted molar refractivity (Wildman–Crippen MR) is 112 cm³/mol. The van der Waals surface area contributed by atoms with Crippen molar-refractivity contribution in [3.05, 3.63) is 65.4 Å². The van der Waals surface area contributed by atoms with E-state index in [1.807, 2.05) is 0 Å². The number of imide groups is 1. The Morgan fingerprint density at radius 3 is 2.27 bits per heavy atom. The molecule has 2 aliphatic heterocycles. The maximum atomic E-state index is 13.3. The third kappa shape index (κ3) is 2.68. The molecule has 3 heterocycles. The van der Waals surface area contributed by atoms with Crippen molar-refractivity contribution in [2.75, 3.05) is 18.0 Å². The number of rotatable bonds is 3. The van der Waals surface area contributed by atoms with Gasteiger partial charge in [-0.15, -0.1) is 0 Å². The van der Waals surface area contributed by atoms with Gasteiger partial charge in [0, 0.05) is 18.5 Å². The molecule has 1 fully saturated rings. The number of fused-ring (bicyclic) bond motifs is 3. The molecule has 0 unspecified atom stereocenters. The van der Waals surface area contributed by atoms with E-state index in [2.05, 4.69) is 4.98 Å². The number of nitrogens with zero attached hydrogens (tertiary/aromatic N) is 3. The van der Waals surface area contributed by atoms with Gasteiger partial charge < -0.3 is 0 Å². The summed E-state index contributed by atoms with van der Waals surface area (Å²) in [6.07, 6.45) is 1.67. The Labute approximate surface area is 174 Å². The second kappa shape index (κ2) is 6.72. The molecule has 3 aromatic rings. The minimum atomic E-state index is -3.66.